The van der Waals surface area contributed by atoms with Crippen LogP contribution in [0, 0.1) is 0 Å². The van der Waals surface area contributed by atoms with Gasteiger partial charge in [0.2, 0.25) is 0 Å². The van der Waals surface area contributed by atoms with E-state index in [0.717, 1.165) is 5.56 Å². The van der Waals surface area contributed by atoms with Gasteiger partial charge in [-0.3, -0.25) is 9.36 Å². The van der Waals surface area contributed by atoms with E-state index in [9.17, 15) is 15.0 Å². The van der Waals surface area contributed by atoms with Gasteiger partial charge in [-0.2, -0.15) is 0 Å². The van der Waals surface area contributed by atoms with E-state index >= 15 is 0 Å². The number of rotatable bonds is 6. The number of carbonyl (C=O) groups is 1. The summed E-state index contributed by atoms with van der Waals surface area (Å²) in [6.07, 6.45) is -4.25. The average molecular weight is 545 g/mol. The molecule has 0 amide bonds. The largest absolute Gasteiger partial charge is 0.462 e. The lowest BCUT2D eigenvalue weighted by molar-refractivity contribution is -0.151. The number of imidazole rings is 1. The second-order valence-corrected chi connectivity index (χ2v) is 9.00. The van der Waals surface area contributed by atoms with Gasteiger partial charge >= 0.3 is 5.97 Å². The first kappa shape index (κ1) is 23.4. The van der Waals surface area contributed by atoms with Crippen LogP contribution in [0.1, 0.15) is 11.8 Å². The Hall–Kier alpha value is -1.72. The molecule has 0 aliphatic carbocycles. The van der Waals surface area contributed by atoms with Crippen molar-refractivity contribution < 1.29 is 24.5 Å². The van der Waals surface area contributed by atoms with Crippen LogP contribution in [0.15, 0.2) is 47.2 Å². The summed E-state index contributed by atoms with van der Waals surface area (Å²) in [5, 5.41) is 21.7. The molecule has 3 aromatic rings. The van der Waals surface area contributed by atoms with Gasteiger partial charge in [-0.25, -0.2) is 4.98 Å². The highest BCUT2D eigenvalue weighted by Gasteiger charge is 2.45. The van der Waals surface area contributed by atoms with E-state index in [-0.39, 0.29) is 6.61 Å². The number of nitrogens with two attached hydrogens (primary N) is 1. The predicted octanol–water partition coefficient (Wildman–Crippen LogP) is 2.84. The van der Waals surface area contributed by atoms with Crippen molar-refractivity contribution >= 4 is 56.1 Å². The van der Waals surface area contributed by atoms with Crippen LogP contribution in [0.3, 0.4) is 0 Å². The number of aromatic nitrogens is 2. The van der Waals surface area contributed by atoms with Crippen LogP contribution in [-0.4, -0.2) is 56.7 Å². The van der Waals surface area contributed by atoms with E-state index in [1.165, 1.54) is 0 Å². The molecule has 5 atom stereocenters. The minimum Gasteiger partial charge on any atom is -0.462 e. The van der Waals surface area contributed by atoms with E-state index in [0.29, 0.717) is 32.2 Å². The van der Waals surface area contributed by atoms with Gasteiger partial charge in [-0.15, -0.1) is 0 Å². The summed E-state index contributed by atoms with van der Waals surface area (Å²) >= 11 is 15.5. The summed E-state index contributed by atoms with van der Waals surface area (Å²) < 4.78 is 13.0. The minimum atomic E-state index is -1.31. The summed E-state index contributed by atoms with van der Waals surface area (Å²) in [7, 11) is 0. The molecule has 11 heteroatoms. The first-order valence-electron chi connectivity index (χ1n) is 9.76. The molecule has 32 heavy (non-hydrogen) atoms. The minimum absolute atomic E-state index is 0.271. The number of benzene rings is 2. The fraction of sp³-hybridized carbons (Fsp3) is 0.333. The molecule has 1 aliphatic heterocycles. The van der Waals surface area contributed by atoms with Crippen LogP contribution in [0.2, 0.25) is 10.0 Å². The normalized spacial score (nSPS) is 24.1. The van der Waals surface area contributed by atoms with Gasteiger partial charge in [0.1, 0.15) is 31.0 Å². The first-order valence-corrected chi connectivity index (χ1v) is 11.3. The van der Waals surface area contributed by atoms with Gasteiger partial charge in [-0.1, -0.05) is 53.5 Å². The van der Waals surface area contributed by atoms with E-state index in [1.54, 1.807) is 16.7 Å². The van der Waals surface area contributed by atoms with Crippen molar-refractivity contribution in [3.8, 4) is 0 Å². The highest BCUT2D eigenvalue weighted by molar-refractivity contribution is 9.10. The average Bonchev–Trinajstić information content (AvgIpc) is 3.22. The molecule has 1 aliphatic rings. The van der Waals surface area contributed by atoms with Crippen LogP contribution in [-0.2, 0) is 20.7 Å². The van der Waals surface area contributed by atoms with Crippen molar-refractivity contribution in [3.63, 3.8) is 0 Å². The smallest absolute Gasteiger partial charge is 0.323 e. The number of halogens is 3. The number of hydrogen-bond donors (Lipinski definition) is 3. The molecule has 1 fully saturated rings. The number of nitrogens with zero attached hydrogens (tertiary/aromatic N) is 2. The number of fused-ring (bicyclic) bond motifs is 1. The Kier molecular flexibility index (Phi) is 7.06. The molecule has 1 aromatic heterocycles. The van der Waals surface area contributed by atoms with Crippen molar-refractivity contribution in [1.29, 1.82) is 0 Å². The molecule has 8 nitrogen and oxygen atoms in total. The van der Waals surface area contributed by atoms with Gasteiger partial charge in [0.25, 0.3) is 0 Å². The van der Waals surface area contributed by atoms with Crippen molar-refractivity contribution in [3.05, 3.63) is 62.8 Å². The summed E-state index contributed by atoms with van der Waals surface area (Å²) in [5.74, 6) is -0.627. The molecule has 0 unspecified atom stereocenters. The maximum Gasteiger partial charge on any atom is 0.323 e. The monoisotopic (exact) mass is 543 g/mol. The van der Waals surface area contributed by atoms with E-state index < -0.39 is 36.6 Å². The molecule has 2 heterocycles. The van der Waals surface area contributed by atoms with Gasteiger partial charge in [0.05, 0.1) is 21.1 Å². The highest BCUT2D eigenvalue weighted by atomic mass is 79.9. The molecular formula is C21H20BrCl2N3O5. The molecule has 4 rings (SSSR count). The van der Waals surface area contributed by atoms with Crippen molar-refractivity contribution in [1.82, 2.24) is 9.55 Å². The Morgan fingerprint density at radius 2 is 1.91 bits per heavy atom. The Balaban J connectivity index is 1.45. The third-order valence-electron chi connectivity index (χ3n) is 5.27. The van der Waals surface area contributed by atoms with Crippen LogP contribution in [0.25, 0.3) is 11.0 Å². The Labute approximate surface area is 202 Å². The fourth-order valence-electron chi connectivity index (χ4n) is 3.61. The number of aliphatic hydroxyl groups excluding tert-OH is 2. The number of aliphatic hydroxyl groups is 2. The third kappa shape index (κ3) is 4.65. The molecular weight excluding hydrogens is 525 g/mol. The maximum atomic E-state index is 12.3. The van der Waals surface area contributed by atoms with Crippen LogP contribution in [0.5, 0.6) is 0 Å². The molecule has 0 saturated carbocycles. The lowest BCUT2D eigenvalue weighted by Gasteiger charge is -2.18. The topological polar surface area (TPSA) is 120 Å². The summed E-state index contributed by atoms with van der Waals surface area (Å²) in [5.41, 5.74) is 7.92. The van der Waals surface area contributed by atoms with E-state index in [1.807, 2.05) is 30.3 Å². The molecule has 170 valence electrons. The summed E-state index contributed by atoms with van der Waals surface area (Å²) in [6.45, 7) is -0.271. The maximum absolute atomic E-state index is 12.3. The van der Waals surface area contributed by atoms with Crippen molar-refractivity contribution in [2.45, 2.75) is 37.0 Å². The molecule has 4 N–H and O–H groups in total. The second kappa shape index (κ2) is 9.64. The Morgan fingerprint density at radius 1 is 1.22 bits per heavy atom. The molecule has 0 radical (unpaired) electrons. The zero-order chi connectivity index (χ0) is 23.0. The first-order chi connectivity index (χ1) is 15.3. The van der Waals surface area contributed by atoms with Gasteiger partial charge < -0.3 is 25.4 Å². The third-order valence-corrected chi connectivity index (χ3v) is 6.55. The number of hydrogen-bond acceptors (Lipinski definition) is 7. The second-order valence-electron chi connectivity index (χ2n) is 7.48. The van der Waals surface area contributed by atoms with Gasteiger partial charge in [0.15, 0.2) is 11.0 Å². The number of carbonyl (C=O) groups excluding carboxylic acids is 1. The SMILES string of the molecule is N[C@H](Cc1ccccc1)C(=O)OC[C@H]1O[C@@H](n2c(Br)nc3cc(Cl)c(Cl)cc32)[C@H](O)[C@@H]1O. The summed E-state index contributed by atoms with van der Waals surface area (Å²) in [4.78, 5) is 16.6. The van der Waals surface area contributed by atoms with Crippen molar-refractivity contribution in [2.24, 2.45) is 5.73 Å². The molecule has 1 saturated heterocycles. The van der Waals surface area contributed by atoms with Crippen LogP contribution in [0.4, 0.5) is 0 Å². The standard InChI is InChI=1S/C21H20BrCl2N3O5/c22-21-26-14-7-11(23)12(24)8-15(14)27(21)19-18(29)17(28)16(32-19)9-31-20(30)13(25)6-10-4-2-1-3-5-10/h1-5,7-8,13,16-19,28-29H,6,9,25H2/t13-,16-,17-,18-,19-/m1/s1. The molecule has 0 bridgehead atoms. The predicted molar refractivity (Wildman–Crippen MR) is 122 cm³/mol. The molecule has 0 spiro atoms. The Morgan fingerprint density at radius 3 is 2.62 bits per heavy atom. The van der Waals surface area contributed by atoms with Crippen molar-refractivity contribution in [2.75, 3.05) is 6.61 Å². The van der Waals surface area contributed by atoms with E-state index in [4.69, 9.17) is 38.4 Å². The highest BCUT2D eigenvalue weighted by Crippen LogP contribution is 2.37. The van der Waals surface area contributed by atoms with Crippen LogP contribution >= 0.6 is 39.1 Å². The van der Waals surface area contributed by atoms with E-state index in [2.05, 4.69) is 20.9 Å². The number of esters is 1. The summed E-state index contributed by atoms with van der Waals surface area (Å²) in [6, 6.07) is 11.6. The lowest BCUT2D eigenvalue weighted by atomic mass is 10.1. The van der Waals surface area contributed by atoms with Gasteiger partial charge in [0, 0.05) is 0 Å². The molecule has 2 aromatic carbocycles. The quantitative estimate of drug-likeness (QED) is 0.408. The lowest BCUT2D eigenvalue weighted by Crippen LogP contribution is -2.38. The zero-order valence-corrected chi connectivity index (χ0v) is 19.7. The van der Waals surface area contributed by atoms with Crippen LogP contribution < -0.4 is 5.73 Å². The fourth-order valence-corrected chi connectivity index (χ4v) is 4.51. The zero-order valence-electron chi connectivity index (χ0n) is 16.6. The Bertz CT molecular complexity index is 1130. The number of ether oxygens (including phenoxy) is 2. The van der Waals surface area contributed by atoms with Gasteiger partial charge in [-0.05, 0) is 40.0 Å².